The topological polar surface area (TPSA) is 65.7 Å². The predicted octanol–water partition coefficient (Wildman–Crippen LogP) is -0.937. The summed E-state index contributed by atoms with van der Waals surface area (Å²) in [5, 5.41) is 0. The molecule has 1 heterocycles. The zero-order chi connectivity index (χ0) is 5.98. The lowest BCUT2D eigenvalue weighted by Gasteiger charge is -1.75. The van der Waals surface area contributed by atoms with Gasteiger partial charge in [-0.1, -0.05) is 0 Å². The van der Waals surface area contributed by atoms with Gasteiger partial charge in [0.2, 0.25) is 0 Å². The SMILES string of the molecule is O=[13c]1[13cH][13cH][nH][13c](=O)[nH]1. The van der Waals surface area contributed by atoms with E-state index in [2.05, 4.69) is 4.98 Å². The van der Waals surface area contributed by atoms with Crippen LogP contribution in [0.2, 0.25) is 0 Å². The van der Waals surface area contributed by atoms with Crippen molar-refractivity contribution in [2.75, 3.05) is 0 Å². The van der Waals surface area contributed by atoms with Crippen molar-refractivity contribution in [3.63, 3.8) is 0 Å². The van der Waals surface area contributed by atoms with Gasteiger partial charge in [0.1, 0.15) is 0 Å². The van der Waals surface area contributed by atoms with Crippen molar-refractivity contribution in [2.24, 2.45) is 0 Å². The molecule has 0 unspecified atom stereocenters. The van der Waals surface area contributed by atoms with E-state index >= 15 is 0 Å². The molecule has 1 aromatic heterocycles. The van der Waals surface area contributed by atoms with Gasteiger partial charge in [0.05, 0.1) is 0 Å². The van der Waals surface area contributed by atoms with Crippen LogP contribution >= 0.6 is 0 Å². The Bertz CT molecular complexity index is 246. The van der Waals surface area contributed by atoms with Crippen LogP contribution in [0.4, 0.5) is 0 Å². The Labute approximate surface area is 44.2 Å². The number of nitrogens with one attached hydrogen (secondary N) is 2. The maximum absolute atomic E-state index is 10.2. The minimum atomic E-state index is -0.475. The number of aromatic nitrogens is 2. The normalized spacial score (nSPS) is 9.00. The molecule has 0 atom stereocenters. The molecular formula is C4H4N2O2. The minimum Gasteiger partial charge on any atom is -0.314 e. The van der Waals surface area contributed by atoms with Gasteiger partial charge in [0.15, 0.2) is 0 Å². The van der Waals surface area contributed by atoms with E-state index in [9.17, 15) is 9.59 Å². The summed E-state index contributed by atoms with van der Waals surface area (Å²) >= 11 is 0. The van der Waals surface area contributed by atoms with Gasteiger partial charge in [0, 0.05) is 12.3 Å². The van der Waals surface area contributed by atoms with Crippen molar-refractivity contribution < 1.29 is 0 Å². The van der Waals surface area contributed by atoms with Crippen LogP contribution in [-0.4, -0.2) is 9.97 Å². The quantitative estimate of drug-likeness (QED) is 0.459. The number of rotatable bonds is 0. The Kier molecular flexibility index (Phi) is 0.997. The Morgan fingerprint density at radius 1 is 1.38 bits per heavy atom. The highest BCUT2D eigenvalue weighted by molar-refractivity contribution is 4.77. The van der Waals surface area contributed by atoms with E-state index in [0.717, 1.165) is 0 Å². The highest BCUT2D eigenvalue weighted by atomic mass is 16.2. The standard InChI is InChI=1S/C4H4N2O2/c7-3-1-2-5-4(8)6-3/h1-2H,(H2,5,6,7,8)/i1+1,2+1,3+1,4+1. The average molecular weight is 116 g/mol. The predicted molar refractivity (Wildman–Crippen MR) is 27.7 cm³/mol. The smallest absolute Gasteiger partial charge is 0.314 e. The maximum atomic E-state index is 10.2. The summed E-state index contributed by atoms with van der Waals surface area (Å²) in [4.78, 5) is 24.7. The molecule has 0 radical (unpaired) electrons. The third kappa shape index (κ3) is 0.841. The molecule has 0 aliphatic rings. The largest absolute Gasteiger partial charge is 0.325 e. The third-order valence-electron chi connectivity index (χ3n) is 0.686. The van der Waals surface area contributed by atoms with Gasteiger partial charge in [-0.25, -0.2) is 4.79 Å². The molecule has 0 saturated heterocycles. The van der Waals surface area contributed by atoms with Crippen molar-refractivity contribution in [3.8, 4) is 0 Å². The molecule has 0 aliphatic carbocycles. The lowest BCUT2D eigenvalue weighted by Crippen LogP contribution is -2.19. The number of hydrogen-bond donors (Lipinski definition) is 2. The molecule has 0 aliphatic heterocycles. The van der Waals surface area contributed by atoms with Crippen molar-refractivity contribution in [2.45, 2.75) is 0 Å². The van der Waals surface area contributed by atoms with E-state index in [1.54, 1.807) is 0 Å². The van der Waals surface area contributed by atoms with Crippen LogP contribution in [0.5, 0.6) is 0 Å². The van der Waals surface area contributed by atoms with Crippen molar-refractivity contribution >= 4 is 0 Å². The van der Waals surface area contributed by atoms with Crippen LogP contribution in [0.15, 0.2) is 21.9 Å². The van der Waals surface area contributed by atoms with Crippen LogP contribution in [0, 0.1) is 0 Å². The van der Waals surface area contributed by atoms with Gasteiger partial charge in [-0.3, -0.25) is 9.78 Å². The summed E-state index contributed by atoms with van der Waals surface area (Å²) in [5.41, 5.74) is -0.855. The van der Waals surface area contributed by atoms with Gasteiger partial charge >= 0.3 is 5.69 Å². The molecule has 0 saturated carbocycles. The van der Waals surface area contributed by atoms with Crippen LogP contribution < -0.4 is 11.2 Å². The van der Waals surface area contributed by atoms with E-state index < -0.39 is 5.69 Å². The molecule has 4 heteroatoms. The van der Waals surface area contributed by atoms with E-state index in [-0.39, 0.29) is 5.56 Å². The Hall–Kier alpha value is -1.32. The van der Waals surface area contributed by atoms with Crippen LogP contribution in [0.3, 0.4) is 0 Å². The maximum Gasteiger partial charge on any atom is 0.325 e. The Balaban J connectivity index is 3.50. The molecule has 4 nitrogen and oxygen atoms in total. The monoisotopic (exact) mass is 116 g/mol. The molecule has 8 heavy (non-hydrogen) atoms. The van der Waals surface area contributed by atoms with Crippen LogP contribution in [-0.2, 0) is 0 Å². The molecule has 0 bridgehead atoms. The molecule has 2 N–H and O–H groups in total. The molecule has 42 valence electrons. The van der Waals surface area contributed by atoms with E-state index in [1.807, 2.05) is 4.98 Å². The Morgan fingerprint density at radius 2 is 2.12 bits per heavy atom. The van der Waals surface area contributed by atoms with Crippen LogP contribution in [0.25, 0.3) is 0 Å². The van der Waals surface area contributed by atoms with Crippen molar-refractivity contribution in [1.29, 1.82) is 0 Å². The minimum absolute atomic E-state index is 0.381. The fourth-order valence-electron chi connectivity index (χ4n) is 0.383. The number of H-pyrrole nitrogens is 2. The third-order valence-corrected chi connectivity index (χ3v) is 0.686. The molecular weight excluding hydrogens is 112 g/mol. The first-order valence-corrected chi connectivity index (χ1v) is 2.07. The molecule has 0 aromatic carbocycles. The number of hydrogen-bond acceptors (Lipinski definition) is 2. The second kappa shape index (κ2) is 1.65. The summed E-state index contributed by atoms with van der Waals surface area (Å²) in [7, 11) is 0. The van der Waals surface area contributed by atoms with Crippen molar-refractivity contribution in [3.05, 3.63) is 33.1 Å². The van der Waals surface area contributed by atoms with Gasteiger partial charge in [0.25, 0.3) is 5.56 Å². The average Bonchev–Trinajstić information content (AvgIpc) is 1.64. The Morgan fingerprint density at radius 3 is 2.50 bits per heavy atom. The second-order valence-electron chi connectivity index (χ2n) is 1.30. The second-order valence-corrected chi connectivity index (χ2v) is 1.30. The highest BCUT2D eigenvalue weighted by Crippen LogP contribution is 1.51. The lowest BCUT2D eigenvalue weighted by atomic mass is 11.6. The molecule has 0 spiro atoms. The fraction of sp³-hybridized carbons (Fsp3) is 0. The first-order valence-electron chi connectivity index (χ1n) is 2.07. The van der Waals surface area contributed by atoms with E-state index in [0.29, 0.717) is 0 Å². The zero-order valence-electron chi connectivity index (χ0n) is 3.97. The van der Waals surface area contributed by atoms with Crippen molar-refractivity contribution in [1.82, 2.24) is 9.97 Å². The first-order chi connectivity index (χ1) is 3.79. The summed E-state index contributed by atoms with van der Waals surface area (Å²) < 4.78 is 0. The van der Waals surface area contributed by atoms with Gasteiger partial charge in [-0.15, -0.1) is 0 Å². The molecule has 1 rings (SSSR count). The molecule has 1 aromatic rings. The summed E-state index contributed by atoms with van der Waals surface area (Å²) in [6.07, 6.45) is 1.29. The fourth-order valence-corrected chi connectivity index (χ4v) is 0.383. The van der Waals surface area contributed by atoms with E-state index in [4.69, 9.17) is 0 Å². The van der Waals surface area contributed by atoms with Gasteiger partial charge < -0.3 is 4.98 Å². The highest BCUT2D eigenvalue weighted by Gasteiger charge is 1.77. The summed E-state index contributed by atoms with van der Waals surface area (Å²) in [6.45, 7) is 0. The zero-order valence-corrected chi connectivity index (χ0v) is 3.97. The van der Waals surface area contributed by atoms with Gasteiger partial charge in [-0.05, 0) is 0 Å². The van der Waals surface area contributed by atoms with Crippen LogP contribution in [0.1, 0.15) is 0 Å². The van der Waals surface area contributed by atoms with Gasteiger partial charge in [-0.2, -0.15) is 0 Å². The first kappa shape index (κ1) is 4.83. The molecule has 0 fully saturated rings. The molecule has 0 amide bonds. The van der Waals surface area contributed by atoms with E-state index in [1.165, 1.54) is 12.3 Å². The number of aromatic amines is 2. The lowest BCUT2D eigenvalue weighted by molar-refractivity contribution is 1.04. The summed E-state index contributed by atoms with van der Waals surface area (Å²) in [6, 6.07) is 1.24. The summed E-state index contributed by atoms with van der Waals surface area (Å²) in [5.74, 6) is 0.